The lowest BCUT2D eigenvalue weighted by Crippen LogP contribution is -2.17. The van der Waals surface area contributed by atoms with Gasteiger partial charge >= 0.3 is 0 Å². The molecule has 62 valence electrons. The molecule has 1 atom stereocenters. The van der Waals surface area contributed by atoms with Crippen LogP contribution in [0.3, 0.4) is 0 Å². The van der Waals surface area contributed by atoms with Crippen LogP contribution in [0, 0.1) is 5.92 Å². The van der Waals surface area contributed by atoms with Crippen LogP contribution < -0.4 is 0 Å². The monoisotopic (exact) mass is 162 g/mol. The minimum atomic E-state index is -0.187. The van der Waals surface area contributed by atoms with Crippen molar-refractivity contribution in [2.45, 2.75) is 6.42 Å². The molecule has 0 aliphatic heterocycles. The molecule has 1 rings (SSSR count). The van der Waals surface area contributed by atoms with Crippen molar-refractivity contribution in [2.75, 3.05) is 0 Å². The molecule has 1 aliphatic rings. The Morgan fingerprint density at radius 2 is 2.33 bits per heavy atom. The summed E-state index contributed by atoms with van der Waals surface area (Å²) in [7, 11) is 0. The van der Waals surface area contributed by atoms with Crippen molar-refractivity contribution in [2.24, 2.45) is 5.92 Å². The van der Waals surface area contributed by atoms with Gasteiger partial charge in [-0.1, -0.05) is 18.2 Å². The summed E-state index contributed by atoms with van der Waals surface area (Å²) in [6.07, 6.45) is 7.94. The Bertz CT molecular complexity index is 272. The van der Waals surface area contributed by atoms with E-state index in [4.69, 9.17) is 0 Å². The zero-order chi connectivity index (χ0) is 8.97. The Morgan fingerprint density at radius 3 is 2.92 bits per heavy atom. The average Bonchev–Trinajstić information content (AvgIpc) is 2.09. The minimum absolute atomic E-state index is 0.104. The first-order valence-electron chi connectivity index (χ1n) is 3.78. The standard InChI is InChI=1S/C10H10O2/c1-2-4-8-5-3-6-9(7-11)10(8)12/h2-3,5-8H,1,4H2. The normalized spacial score (nSPS) is 21.8. The van der Waals surface area contributed by atoms with Gasteiger partial charge in [0.2, 0.25) is 0 Å². The van der Waals surface area contributed by atoms with Crippen LogP contribution in [0.1, 0.15) is 6.42 Å². The predicted octanol–water partition coefficient (Wildman–Crippen LogP) is 1.44. The van der Waals surface area contributed by atoms with Crippen molar-refractivity contribution in [3.63, 3.8) is 0 Å². The molecule has 12 heavy (non-hydrogen) atoms. The third-order valence-corrected chi connectivity index (χ3v) is 1.79. The summed E-state index contributed by atoms with van der Waals surface area (Å²) in [6, 6.07) is 0. The SMILES string of the molecule is C=CCC1C=CC=C(C=O)C1=O. The molecule has 2 nitrogen and oxygen atoms in total. The smallest absolute Gasteiger partial charge is 0.173 e. The molecule has 2 heteroatoms. The van der Waals surface area contributed by atoms with Crippen molar-refractivity contribution in [1.29, 1.82) is 0 Å². The van der Waals surface area contributed by atoms with Gasteiger partial charge in [0, 0.05) is 5.92 Å². The van der Waals surface area contributed by atoms with E-state index >= 15 is 0 Å². The van der Waals surface area contributed by atoms with Crippen LogP contribution in [0.15, 0.2) is 36.5 Å². The number of hydrogen-bond donors (Lipinski definition) is 0. The summed E-state index contributed by atoms with van der Waals surface area (Å²) >= 11 is 0. The first kappa shape index (κ1) is 8.65. The summed E-state index contributed by atoms with van der Waals surface area (Å²) in [4.78, 5) is 21.7. The Morgan fingerprint density at radius 1 is 1.58 bits per heavy atom. The average molecular weight is 162 g/mol. The number of allylic oxidation sites excluding steroid dienone is 5. The fourth-order valence-electron chi connectivity index (χ4n) is 1.14. The maximum Gasteiger partial charge on any atom is 0.173 e. The van der Waals surface area contributed by atoms with Crippen molar-refractivity contribution >= 4 is 12.1 Å². The molecule has 0 saturated heterocycles. The van der Waals surface area contributed by atoms with E-state index in [-0.39, 0.29) is 17.3 Å². The first-order valence-corrected chi connectivity index (χ1v) is 3.78. The molecule has 0 aromatic rings. The number of aldehydes is 1. The summed E-state index contributed by atoms with van der Waals surface area (Å²) in [5.41, 5.74) is 0.254. The summed E-state index contributed by atoms with van der Waals surface area (Å²) < 4.78 is 0. The molecular formula is C10H10O2. The van der Waals surface area contributed by atoms with Crippen LogP contribution in [0.4, 0.5) is 0 Å². The summed E-state index contributed by atoms with van der Waals surface area (Å²) in [6.45, 7) is 3.55. The van der Waals surface area contributed by atoms with Gasteiger partial charge in [0.1, 0.15) is 0 Å². The molecule has 0 heterocycles. The third kappa shape index (κ3) is 1.59. The Balaban J connectivity index is 2.80. The van der Waals surface area contributed by atoms with Gasteiger partial charge in [-0.15, -0.1) is 6.58 Å². The lowest BCUT2D eigenvalue weighted by atomic mass is 9.91. The van der Waals surface area contributed by atoms with E-state index in [1.54, 1.807) is 18.2 Å². The van der Waals surface area contributed by atoms with Gasteiger partial charge in [-0.25, -0.2) is 0 Å². The highest BCUT2D eigenvalue weighted by Crippen LogP contribution is 2.16. The van der Waals surface area contributed by atoms with Gasteiger partial charge in [-0.05, 0) is 12.5 Å². The zero-order valence-electron chi connectivity index (χ0n) is 6.69. The molecule has 0 N–H and O–H groups in total. The maximum atomic E-state index is 11.3. The topological polar surface area (TPSA) is 34.1 Å². The minimum Gasteiger partial charge on any atom is -0.298 e. The second-order valence-corrected chi connectivity index (χ2v) is 2.62. The largest absolute Gasteiger partial charge is 0.298 e. The molecule has 0 bridgehead atoms. The molecular weight excluding hydrogens is 152 g/mol. The molecule has 0 saturated carbocycles. The Hall–Kier alpha value is -1.44. The number of hydrogen-bond acceptors (Lipinski definition) is 2. The van der Waals surface area contributed by atoms with Crippen molar-refractivity contribution < 1.29 is 9.59 Å². The van der Waals surface area contributed by atoms with Crippen molar-refractivity contribution in [3.05, 3.63) is 36.5 Å². The van der Waals surface area contributed by atoms with E-state index in [2.05, 4.69) is 6.58 Å². The molecule has 0 radical (unpaired) electrons. The molecule has 1 aliphatic carbocycles. The van der Waals surface area contributed by atoms with E-state index in [1.807, 2.05) is 0 Å². The van der Waals surface area contributed by atoms with E-state index in [0.29, 0.717) is 12.7 Å². The van der Waals surface area contributed by atoms with Crippen LogP contribution in [-0.4, -0.2) is 12.1 Å². The van der Waals surface area contributed by atoms with E-state index < -0.39 is 0 Å². The number of ketones is 1. The first-order chi connectivity index (χ1) is 5.79. The lowest BCUT2D eigenvalue weighted by molar-refractivity contribution is -0.119. The molecule has 0 fully saturated rings. The quantitative estimate of drug-likeness (QED) is 0.357. The lowest BCUT2D eigenvalue weighted by Gasteiger charge is -2.11. The van der Waals surface area contributed by atoms with Gasteiger partial charge in [0.15, 0.2) is 12.1 Å². The van der Waals surface area contributed by atoms with E-state index in [9.17, 15) is 9.59 Å². The number of carbonyl (C=O) groups is 2. The number of Topliss-reactive ketones (excluding diaryl/α,β-unsaturated/α-hetero) is 1. The fraction of sp³-hybridized carbons (Fsp3) is 0.200. The number of rotatable bonds is 3. The predicted molar refractivity (Wildman–Crippen MR) is 46.6 cm³/mol. The van der Waals surface area contributed by atoms with Gasteiger partial charge in [-0.3, -0.25) is 9.59 Å². The zero-order valence-corrected chi connectivity index (χ0v) is 6.69. The van der Waals surface area contributed by atoms with Gasteiger partial charge in [-0.2, -0.15) is 0 Å². The molecule has 0 aromatic carbocycles. The number of carbonyl (C=O) groups excluding carboxylic acids is 2. The van der Waals surface area contributed by atoms with Crippen molar-refractivity contribution in [3.8, 4) is 0 Å². The van der Waals surface area contributed by atoms with Crippen LogP contribution in [0.25, 0.3) is 0 Å². The highest BCUT2D eigenvalue weighted by molar-refractivity contribution is 6.14. The van der Waals surface area contributed by atoms with Crippen LogP contribution >= 0.6 is 0 Å². The van der Waals surface area contributed by atoms with Crippen LogP contribution in [-0.2, 0) is 9.59 Å². The van der Waals surface area contributed by atoms with E-state index in [0.717, 1.165) is 0 Å². The van der Waals surface area contributed by atoms with Gasteiger partial charge in [0.05, 0.1) is 5.57 Å². The fourth-order valence-corrected chi connectivity index (χ4v) is 1.14. The molecule has 0 aromatic heterocycles. The Kier molecular flexibility index (Phi) is 2.75. The van der Waals surface area contributed by atoms with Gasteiger partial charge < -0.3 is 0 Å². The maximum absolute atomic E-state index is 11.3. The Labute approximate surface area is 71.3 Å². The van der Waals surface area contributed by atoms with Gasteiger partial charge in [0.25, 0.3) is 0 Å². The van der Waals surface area contributed by atoms with Crippen LogP contribution in [0.2, 0.25) is 0 Å². The summed E-state index contributed by atoms with van der Waals surface area (Å²) in [5.74, 6) is -0.292. The molecule has 1 unspecified atom stereocenters. The second-order valence-electron chi connectivity index (χ2n) is 2.62. The highest BCUT2D eigenvalue weighted by atomic mass is 16.1. The van der Waals surface area contributed by atoms with Crippen molar-refractivity contribution in [1.82, 2.24) is 0 Å². The highest BCUT2D eigenvalue weighted by Gasteiger charge is 2.19. The van der Waals surface area contributed by atoms with E-state index in [1.165, 1.54) is 6.08 Å². The molecule has 0 amide bonds. The molecule has 0 spiro atoms. The second kappa shape index (κ2) is 3.81. The summed E-state index contributed by atoms with van der Waals surface area (Å²) in [5, 5.41) is 0. The van der Waals surface area contributed by atoms with Crippen LogP contribution in [0.5, 0.6) is 0 Å². The third-order valence-electron chi connectivity index (χ3n) is 1.79.